The molecule has 142 valence electrons. The molecule has 1 aromatic carbocycles. The highest BCUT2D eigenvalue weighted by atomic mass is 16.5. The summed E-state index contributed by atoms with van der Waals surface area (Å²) in [6, 6.07) is 7.82. The smallest absolute Gasteiger partial charge is 0.253 e. The van der Waals surface area contributed by atoms with Crippen LogP contribution in [0, 0.1) is 0 Å². The van der Waals surface area contributed by atoms with Gasteiger partial charge in [-0.1, -0.05) is 38.3 Å². The van der Waals surface area contributed by atoms with E-state index in [2.05, 4.69) is 6.92 Å². The van der Waals surface area contributed by atoms with Crippen LogP contribution in [0.2, 0.25) is 0 Å². The van der Waals surface area contributed by atoms with Crippen LogP contribution >= 0.6 is 0 Å². The van der Waals surface area contributed by atoms with Crippen LogP contribution in [0.3, 0.4) is 0 Å². The summed E-state index contributed by atoms with van der Waals surface area (Å²) in [6.07, 6.45) is 7.07. The van der Waals surface area contributed by atoms with E-state index >= 15 is 0 Å². The van der Waals surface area contributed by atoms with Gasteiger partial charge in [-0.05, 0) is 37.0 Å². The lowest BCUT2D eigenvalue weighted by Crippen LogP contribution is -2.51. The molecule has 3 rings (SSSR count). The monoisotopic (exact) mass is 358 g/mol. The molecule has 1 heterocycles. The Morgan fingerprint density at radius 1 is 0.962 bits per heavy atom. The molecular weight excluding hydrogens is 328 g/mol. The van der Waals surface area contributed by atoms with Crippen molar-refractivity contribution < 1.29 is 14.3 Å². The Labute approximate surface area is 156 Å². The van der Waals surface area contributed by atoms with Crippen LogP contribution in [0.5, 0.6) is 0 Å². The quantitative estimate of drug-likeness (QED) is 0.813. The van der Waals surface area contributed by atoms with Crippen molar-refractivity contribution >= 4 is 11.8 Å². The van der Waals surface area contributed by atoms with Crippen molar-refractivity contribution in [2.45, 2.75) is 51.6 Å². The molecule has 1 aliphatic carbocycles. The highest BCUT2D eigenvalue weighted by molar-refractivity contribution is 5.94. The molecule has 1 saturated heterocycles. The highest BCUT2D eigenvalue weighted by Crippen LogP contribution is 2.20. The maximum atomic E-state index is 12.6. The lowest BCUT2D eigenvalue weighted by Gasteiger charge is -2.35. The molecule has 0 aromatic heterocycles. The number of hydrogen-bond acceptors (Lipinski definition) is 3. The van der Waals surface area contributed by atoms with Gasteiger partial charge in [-0.3, -0.25) is 9.59 Å². The van der Waals surface area contributed by atoms with Crippen molar-refractivity contribution in [1.82, 2.24) is 9.80 Å². The third-order valence-electron chi connectivity index (χ3n) is 5.52. The van der Waals surface area contributed by atoms with E-state index in [-0.39, 0.29) is 24.5 Å². The molecule has 5 heteroatoms. The molecule has 1 saturated carbocycles. The Kier molecular flexibility index (Phi) is 6.67. The molecule has 0 N–H and O–H groups in total. The lowest BCUT2D eigenvalue weighted by molar-refractivity contribution is -0.140. The second-order valence-corrected chi connectivity index (χ2v) is 7.29. The molecule has 0 atom stereocenters. The van der Waals surface area contributed by atoms with Gasteiger partial charge >= 0.3 is 0 Å². The second-order valence-electron chi connectivity index (χ2n) is 7.29. The molecule has 2 fully saturated rings. The first kappa shape index (κ1) is 18.9. The van der Waals surface area contributed by atoms with E-state index < -0.39 is 0 Å². The predicted molar refractivity (Wildman–Crippen MR) is 101 cm³/mol. The van der Waals surface area contributed by atoms with Crippen LogP contribution in [0.1, 0.15) is 54.9 Å². The zero-order valence-corrected chi connectivity index (χ0v) is 15.8. The standard InChI is InChI=1S/C21H30N2O3/c1-2-17-8-10-18(11-9-17)21(25)23-14-12-22(13-15-23)20(24)16-26-19-6-4-3-5-7-19/h8-11,19H,2-7,12-16H2,1H3. The average Bonchev–Trinajstić information content (AvgIpc) is 2.72. The number of carbonyl (C=O) groups excluding carboxylic acids is 2. The fourth-order valence-electron chi connectivity index (χ4n) is 3.74. The minimum atomic E-state index is 0.0509. The number of rotatable bonds is 5. The molecule has 0 spiro atoms. The summed E-state index contributed by atoms with van der Waals surface area (Å²) in [5.74, 6) is 0.105. The Hall–Kier alpha value is -1.88. The zero-order chi connectivity index (χ0) is 18.4. The van der Waals surface area contributed by atoms with E-state index in [1.54, 1.807) is 0 Å². The van der Waals surface area contributed by atoms with Gasteiger partial charge in [0.1, 0.15) is 6.61 Å². The van der Waals surface area contributed by atoms with Gasteiger partial charge in [0.25, 0.3) is 5.91 Å². The Bertz CT molecular complexity index is 600. The molecule has 0 bridgehead atoms. The number of benzene rings is 1. The van der Waals surface area contributed by atoms with Crippen LogP contribution < -0.4 is 0 Å². The van der Waals surface area contributed by atoms with Gasteiger partial charge in [-0.15, -0.1) is 0 Å². The maximum absolute atomic E-state index is 12.6. The van der Waals surface area contributed by atoms with Crippen LogP contribution in [-0.4, -0.2) is 60.5 Å². The molecule has 2 amide bonds. The molecule has 1 aliphatic heterocycles. The third kappa shape index (κ3) is 4.85. The molecule has 0 radical (unpaired) electrons. The molecule has 0 unspecified atom stereocenters. The number of amides is 2. The predicted octanol–water partition coefficient (Wildman–Crippen LogP) is 2.88. The number of ether oxygens (including phenoxy) is 1. The largest absolute Gasteiger partial charge is 0.368 e. The first-order chi connectivity index (χ1) is 12.7. The summed E-state index contributed by atoms with van der Waals surface area (Å²) in [5.41, 5.74) is 1.96. The van der Waals surface area contributed by atoms with Gasteiger partial charge in [0, 0.05) is 31.7 Å². The molecular formula is C21H30N2O3. The fourth-order valence-corrected chi connectivity index (χ4v) is 3.74. The van der Waals surface area contributed by atoms with Gasteiger partial charge in [-0.2, -0.15) is 0 Å². The minimum absolute atomic E-state index is 0.0509. The molecule has 26 heavy (non-hydrogen) atoms. The van der Waals surface area contributed by atoms with Gasteiger partial charge in [0.15, 0.2) is 0 Å². The van der Waals surface area contributed by atoms with Crippen molar-refractivity contribution in [3.8, 4) is 0 Å². The van der Waals surface area contributed by atoms with Crippen molar-refractivity contribution in [1.29, 1.82) is 0 Å². The Balaban J connectivity index is 1.44. The van der Waals surface area contributed by atoms with Crippen molar-refractivity contribution in [3.63, 3.8) is 0 Å². The van der Waals surface area contributed by atoms with E-state index in [0.29, 0.717) is 26.2 Å². The normalized spacial score (nSPS) is 18.8. The number of aryl methyl sites for hydroxylation is 1. The fraction of sp³-hybridized carbons (Fsp3) is 0.619. The summed E-state index contributed by atoms with van der Waals surface area (Å²) in [6.45, 7) is 4.63. The topological polar surface area (TPSA) is 49.9 Å². The summed E-state index contributed by atoms with van der Waals surface area (Å²) >= 11 is 0. The van der Waals surface area contributed by atoms with Crippen molar-refractivity contribution in [2.75, 3.05) is 32.8 Å². The maximum Gasteiger partial charge on any atom is 0.253 e. The Morgan fingerprint density at radius 2 is 1.58 bits per heavy atom. The summed E-state index contributed by atoms with van der Waals surface area (Å²) in [7, 11) is 0. The number of piperazine rings is 1. The van der Waals surface area contributed by atoms with E-state index in [9.17, 15) is 9.59 Å². The first-order valence-electron chi connectivity index (χ1n) is 9.95. The zero-order valence-electron chi connectivity index (χ0n) is 15.8. The molecule has 5 nitrogen and oxygen atoms in total. The number of nitrogens with zero attached hydrogens (tertiary/aromatic N) is 2. The second kappa shape index (κ2) is 9.17. The first-order valence-corrected chi connectivity index (χ1v) is 9.95. The number of carbonyl (C=O) groups is 2. The van der Waals surface area contributed by atoms with Gasteiger partial charge < -0.3 is 14.5 Å². The number of hydrogen-bond donors (Lipinski definition) is 0. The van der Waals surface area contributed by atoms with Crippen molar-refractivity contribution in [2.24, 2.45) is 0 Å². The van der Waals surface area contributed by atoms with E-state index in [1.165, 1.54) is 24.8 Å². The summed E-state index contributed by atoms with van der Waals surface area (Å²) in [5, 5.41) is 0. The van der Waals surface area contributed by atoms with Gasteiger partial charge in [0.05, 0.1) is 6.10 Å². The molecule has 2 aliphatic rings. The minimum Gasteiger partial charge on any atom is -0.368 e. The molecule has 1 aromatic rings. The van der Waals surface area contributed by atoms with E-state index in [0.717, 1.165) is 24.8 Å². The van der Waals surface area contributed by atoms with Gasteiger partial charge in [-0.25, -0.2) is 0 Å². The van der Waals surface area contributed by atoms with Crippen molar-refractivity contribution in [3.05, 3.63) is 35.4 Å². The van der Waals surface area contributed by atoms with E-state index in [1.807, 2.05) is 34.1 Å². The third-order valence-corrected chi connectivity index (χ3v) is 5.52. The SMILES string of the molecule is CCc1ccc(C(=O)N2CCN(C(=O)COC3CCCCC3)CC2)cc1. The summed E-state index contributed by atoms with van der Waals surface area (Å²) in [4.78, 5) is 28.6. The van der Waals surface area contributed by atoms with Crippen LogP contribution in [-0.2, 0) is 16.0 Å². The van der Waals surface area contributed by atoms with Crippen LogP contribution in [0.15, 0.2) is 24.3 Å². The average molecular weight is 358 g/mol. The van der Waals surface area contributed by atoms with Crippen LogP contribution in [0.4, 0.5) is 0 Å². The Morgan fingerprint density at radius 3 is 2.19 bits per heavy atom. The lowest BCUT2D eigenvalue weighted by atomic mass is 9.98. The van der Waals surface area contributed by atoms with Crippen LogP contribution in [0.25, 0.3) is 0 Å². The van der Waals surface area contributed by atoms with Gasteiger partial charge in [0.2, 0.25) is 5.91 Å². The van der Waals surface area contributed by atoms with E-state index in [4.69, 9.17) is 4.74 Å². The summed E-state index contributed by atoms with van der Waals surface area (Å²) < 4.78 is 5.79. The highest BCUT2D eigenvalue weighted by Gasteiger charge is 2.25.